The molecule has 0 bridgehead atoms. The van der Waals surface area contributed by atoms with Gasteiger partial charge in [-0.25, -0.2) is 0 Å². The van der Waals surface area contributed by atoms with Crippen molar-refractivity contribution in [3.8, 4) is 16.9 Å². The Balaban J connectivity index is 1.24. The molecule has 3 nitrogen and oxygen atoms in total. The van der Waals surface area contributed by atoms with Gasteiger partial charge in [0.05, 0.1) is 11.4 Å². The molecule has 8 aromatic rings. The Hall–Kier alpha value is -6.06. The van der Waals surface area contributed by atoms with E-state index in [4.69, 9.17) is 4.74 Å². The molecule has 1 unspecified atom stereocenters. The van der Waals surface area contributed by atoms with Crippen LogP contribution in [0.3, 0.4) is 0 Å². The van der Waals surface area contributed by atoms with Crippen molar-refractivity contribution < 1.29 is 4.74 Å². The topological polar surface area (TPSA) is 24.5 Å². The van der Waals surface area contributed by atoms with E-state index >= 15 is 0 Å². The SMILES string of the molecule is c1ccc(-c2ccc(N(c3ccc4c5c(c6ccccc6c4c3)NC(c3ccccc3)O5)c3cccc4ccccc34)cc2)cc1. The highest BCUT2D eigenvalue weighted by atomic mass is 16.5. The maximum absolute atomic E-state index is 6.67. The summed E-state index contributed by atoms with van der Waals surface area (Å²) in [4.78, 5) is 2.38. The van der Waals surface area contributed by atoms with Gasteiger partial charge in [-0.3, -0.25) is 0 Å². The number of ether oxygens (including phenoxy) is 1. The van der Waals surface area contributed by atoms with Crippen molar-refractivity contribution in [2.24, 2.45) is 0 Å². The Kier molecular flexibility index (Phi) is 6.20. The van der Waals surface area contributed by atoms with Crippen LogP contribution < -0.4 is 15.0 Å². The Bertz CT molecular complexity index is 2360. The van der Waals surface area contributed by atoms with Crippen molar-refractivity contribution in [1.29, 1.82) is 0 Å². The van der Waals surface area contributed by atoms with Crippen LogP contribution >= 0.6 is 0 Å². The minimum Gasteiger partial charge on any atom is -0.464 e. The fraction of sp³-hybridized carbons (Fsp3) is 0.0233. The molecule has 1 aliphatic rings. The lowest BCUT2D eigenvalue weighted by molar-refractivity contribution is 0.262. The summed E-state index contributed by atoms with van der Waals surface area (Å²) in [7, 11) is 0. The second-order valence-corrected chi connectivity index (χ2v) is 11.8. The minimum absolute atomic E-state index is 0.236. The molecular weight excluding hydrogens is 560 g/mol. The molecule has 0 radical (unpaired) electrons. The first-order valence-electron chi connectivity index (χ1n) is 15.7. The Labute approximate surface area is 267 Å². The average molecular weight is 591 g/mol. The number of nitrogens with zero attached hydrogens (tertiary/aromatic N) is 1. The van der Waals surface area contributed by atoms with E-state index in [1.54, 1.807) is 0 Å². The highest BCUT2D eigenvalue weighted by molar-refractivity contribution is 6.18. The van der Waals surface area contributed by atoms with Gasteiger partial charge in [0.15, 0.2) is 12.0 Å². The summed E-state index contributed by atoms with van der Waals surface area (Å²) in [5.41, 5.74) is 7.88. The van der Waals surface area contributed by atoms with Crippen molar-refractivity contribution >= 4 is 55.1 Å². The molecule has 1 aliphatic heterocycles. The third-order valence-corrected chi connectivity index (χ3v) is 9.07. The van der Waals surface area contributed by atoms with E-state index in [0.717, 1.165) is 50.2 Å². The average Bonchev–Trinajstić information content (AvgIpc) is 3.59. The Morgan fingerprint density at radius 3 is 1.89 bits per heavy atom. The van der Waals surface area contributed by atoms with Gasteiger partial charge in [-0.1, -0.05) is 133 Å². The minimum atomic E-state index is -0.236. The molecule has 0 fully saturated rings. The van der Waals surface area contributed by atoms with E-state index in [-0.39, 0.29) is 6.23 Å². The monoisotopic (exact) mass is 590 g/mol. The van der Waals surface area contributed by atoms with Crippen molar-refractivity contribution in [3.63, 3.8) is 0 Å². The largest absolute Gasteiger partial charge is 0.464 e. The third-order valence-electron chi connectivity index (χ3n) is 9.07. The molecule has 0 aliphatic carbocycles. The summed E-state index contributed by atoms with van der Waals surface area (Å²) >= 11 is 0. The van der Waals surface area contributed by atoms with Crippen LogP contribution in [0.15, 0.2) is 170 Å². The maximum atomic E-state index is 6.67. The van der Waals surface area contributed by atoms with Crippen LogP contribution in [-0.4, -0.2) is 0 Å². The molecule has 46 heavy (non-hydrogen) atoms. The molecule has 0 spiro atoms. The second-order valence-electron chi connectivity index (χ2n) is 11.8. The molecule has 3 heteroatoms. The number of hydrogen-bond acceptors (Lipinski definition) is 3. The van der Waals surface area contributed by atoms with E-state index in [9.17, 15) is 0 Å². The van der Waals surface area contributed by atoms with E-state index in [0.29, 0.717) is 0 Å². The molecule has 1 heterocycles. The van der Waals surface area contributed by atoms with Crippen LogP contribution in [0.4, 0.5) is 22.7 Å². The second kappa shape index (κ2) is 10.8. The number of anilines is 4. The predicted octanol–water partition coefficient (Wildman–Crippen LogP) is 11.8. The third kappa shape index (κ3) is 4.36. The highest BCUT2D eigenvalue weighted by Gasteiger charge is 2.28. The fourth-order valence-electron chi connectivity index (χ4n) is 6.87. The van der Waals surface area contributed by atoms with Gasteiger partial charge < -0.3 is 15.0 Å². The first-order chi connectivity index (χ1) is 22.8. The molecular formula is C43H30N2O. The van der Waals surface area contributed by atoms with Gasteiger partial charge >= 0.3 is 0 Å². The number of nitrogens with one attached hydrogen (secondary N) is 1. The fourth-order valence-corrected chi connectivity index (χ4v) is 6.87. The van der Waals surface area contributed by atoms with Crippen molar-refractivity contribution in [3.05, 3.63) is 175 Å². The smallest absolute Gasteiger partial charge is 0.196 e. The normalized spacial score (nSPS) is 13.8. The van der Waals surface area contributed by atoms with E-state index in [1.807, 2.05) is 6.07 Å². The highest BCUT2D eigenvalue weighted by Crippen LogP contribution is 2.50. The first kappa shape index (κ1) is 26.4. The predicted molar refractivity (Wildman–Crippen MR) is 193 cm³/mol. The molecule has 0 amide bonds. The lowest BCUT2D eigenvalue weighted by Gasteiger charge is -2.27. The van der Waals surface area contributed by atoms with E-state index in [2.05, 4.69) is 174 Å². The molecule has 1 N–H and O–H groups in total. The van der Waals surface area contributed by atoms with Crippen LogP contribution in [0, 0.1) is 0 Å². The Morgan fingerprint density at radius 1 is 0.457 bits per heavy atom. The standard InChI is InChI=1S/C43H30N2O/c1-3-12-29(13-4-1)30-22-24-33(25-23-30)45(40-21-11-17-31-14-7-8-18-35(31)40)34-26-27-38-39(28-34)36-19-9-10-20-37(36)41-42(38)46-43(44-41)32-15-5-2-6-16-32/h1-28,43-44H. The zero-order chi connectivity index (χ0) is 30.5. The van der Waals surface area contributed by atoms with Crippen LogP contribution in [0.1, 0.15) is 11.8 Å². The lowest BCUT2D eigenvalue weighted by Crippen LogP contribution is -2.10. The molecule has 218 valence electrons. The summed E-state index contributed by atoms with van der Waals surface area (Å²) in [6, 6.07) is 60.4. The van der Waals surface area contributed by atoms with Gasteiger partial charge in [0.25, 0.3) is 0 Å². The van der Waals surface area contributed by atoms with Crippen molar-refractivity contribution in [2.45, 2.75) is 6.23 Å². The zero-order valence-electron chi connectivity index (χ0n) is 25.1. The summed E-state index contributed by atoms with van der Waals surface area (Å²) < 4.78 is 6.67. The van der Waals surface area contributed by atoms with Crippen LogP contribution in [0.2, 0.25) is 0 Å². The molecule has 1 atom stereocenters. The zero-order valence-corrected chi connectivity index (χ0v) is 25.1. The molecule has 0 aromatic heterocycles. The molecule has 0 saturated heterocycles. The van der Waals surface area contributed by atoms with Gasteiger partial charge in [-0.05, 0) is 63.7 Å². The lowest BCUT2D eigenvalue weighted by atomic mass is 9.98. The summed E-state index contributed by atoms with van der Waals surface area (Å²) in [6.07, 6.45) is -0.236. The van der Waals surface area contributed by atoms with Gasteiger partial charge in [0.1, 0.15) is 0 Å². The van der Waals surface area contributed by atoms with Crippen molar-refractivity contribution in [1.82, 2.24) is 0 Å². The van der Waals surface area contributed by atoms with Gasteiger partial charge in [-0.15, -0.1) is 0 Å². The van der Waals surface area contributed by atoms with Gasteiger partial charge in [0, 0.05) is 33.1 Å². The summed E-state index contributed by atoms with van der Waals surface area (Å²) in [6.45, 7) is 0. The molecule has 0 saturated carbocycles. The van der Waals surface area contributed by atoms with Gasteiger partial charge in [-0.2, -0.15) is 0 Å². The summed E-state index contributed by atoms with van der Waals surface area (Å²) in [5.74, 6) is 0.901. The van der Waals surface area contributed by atoms with Crippen LogP contribution in [-0.2, 0) is 0 Å². The quantitative estimate of drug-likeness (QED) is 0.202. The van der Waals surface area contributed by atoms with Gasteiger partial charge in [0.2, 0.25) is 0 Å². The number of fused-ring (bicyclic) bond motifs is 7. The van der Waals surface area contributed by atoms with Crippen LogP contribution in [0.5, 0.6) is 5.75 Å². The Morgan fingerprint density at radius 2 is 1.09 bits per heavy atom. The number of hydrogen-bond donors (Lipinski definition) is 1. The van der Waals surface area contributed by atoms with E-state index in [1.165, 1.54) is 27.3 Å². The molecule has 9 rings (SSSR count). The summed E-state index contributed by atoms with van der Waals surface area (Å²) in [5, 5.41) is 10.7. The van der Waals surface area contributed by atoms with Crippen molar-refractivity contribution in [2.75, 3.05) is 10.2 Å². The van der Waals surface area contributed by atoms with E-state index < -0.39 is 0 Å². The molecule has 8 aromatic carbocycles. The number of benzene rings is 8. The first-order valence-corrected chi connectivity index (χ1v) is 15.7. The van der Waals surface area contributed by atoms with Crippen LogP contribution in [0.25, 0.3) is 43.4 Å². The maximum Gasteiger partial charge on any atom is 0.196 e. The number of rotatable bonds is 5.